The predicted octanol–water partition coefficient (Wildman–Crippen LogP) is 4.24. The Hall–Kier alpha value is -1.08. The fraction of sp³-hybridized carbons (Fsp3) is 0.167. The van der Waals surface area contributed by atoms with Gasteiger partial charge in [0.25, 0.3) is 0 Å². The van der Waals surface area contributed by atoms with E-state index >= 15 is 0 Å². The molecule has 2 heteroatoms. The summed E-state index contributed by atoms with van der Waals surface area (Å²) in [6.45, 7) is 5.46. The highest BCUT2D eigenvalue weighted by Crippen LogP contribution is 2.22. The Balaban J connectivity index is 3.15. The molecule has 0 spiro atoms. The summed E-state index contributed by atoms with van der Waals surface area (Å²) >= 11 is 5.74. The highest BCUT2D eigenvalue weighted by molar-refractivity contribution is 6.31. The molecule has 0 bridgehead atoms. The van der Waals surface area contributed by atoms with Crippen LogP contribution in [0.1, 0.15) is 18.1 Å². The molecule has 0 atom stereocenters. The van der Waals surface area contributed by atoms with Gasteiger partial charge in [-0.25, -0.2) is 4.39 Å². The Labute approximate surface area is 88.7 Å². The second-order valence-electron chi connectivity index (χ2n) is 2.92. The molecule has 0 saturated carbocycles. The number of hydrogen-bond acceptors (Lipinski definition) is 0. The monoisotopic (exact) mass is 210 g/mol. The number of hydrogen-bond donors (Lipinski definition) is 0. The van der Waals surface area contributed by atoms with Crippen LogP contribution in [0.25, 0.3) is 6.08 Å². The van der Waals surface area contributed by atoms with E-state index in [2.05, 4.69) is 6.58 Å². The number of aryl methyl sites for hydroxylation is 1. The van der Waals surface area contributed by atoms with Crippen molar-refractivity contribution in [3.8, 4) is 0 Å². The fourth-order valence-electron chi connectivity index (χ4n) is 1.20. The Bertz CT molecular complexity index is 367. The minimum atomic E-state index is -0.315. The first-order valence-electron chi connectivity index (χ1n) is 4.46. The molecule has 1 aromatic carbocycles. The van der Waals surface area contributed by atoms with Crippen LogP contribution in [0.2, 0.25) is 5.02 Å². The van der Waals surface area contributed by atoms with Crippen LogP contribution >= 0.6 is 11.6 Å². The number of allylic oxidation sites excluding steroid dienone is 2. The molecule has 14 heavy (non-hydrogen) atoms. The maximum Gasteiger partial charge on any atom is 0.144 e. The molecule has 0 radical (unpaired) electrons. The quantitative estimate of drug-likeness (QED) is 0.655. The Kier molecular flexibility index (Phi) is 3.90. The van der Waals surface area contributed by atoms with E-state index in [1.807, 2.05) is 13.0 Å². The van der Waals surface area contributed by atoms with E-state index in [9.17, 15) is 4.39 Å². The third kappa shape index (κ3) is 2.46. The van der Waals surface area contributed by atoms with Crippen molar-refractivity contribution in [3.05, 3.63) is 52.8 Å². The first kappa shape index (κ1) is 11.0. The van der Waals surface area contributed by atoms with E-state index in [1.54, 1.807) is 24.3 Å². The molecule has 0 nitrogen and oxygen atoms in total. The highest BCUT2D eigenvalue weighted by atomic mass is 35.5. The summed E-state index contributed by atoms with van der Waals surface area (Å²) in [5.74, 6) is -0.315. The summed E-state index contributed by atoms with van der Waals surface area (Å²) in [6.07, 6.45) is 5.95. The van der Waals surface area contributed by atoms with Crippen molar-refractivity contribution < 1.29 is 4.39 Å². The lowest BCUT2D eigenvalue weighted by molar-refractivity contribution is 0.612. The standard InChI is InChI=1S/C12H12ClF/c1-3-5-6-9-7-10(4-2)12(14)11(13)8-9/h3,5-8H,1,4H2,2H3/b6-5+. The lowest BCUT2D eigenvalue weighted by Crippen LogP contribution is -1.90. The van der Waals surface area contributed by atoms with E-state index in [0.29, 0.717) is 12.0 Å². The average Bonchev–Trinajstić information content (AvgIpc) is 2.19. The number of rotatable bonds is 3. The highest BCUT2D eigenvalue weighted by Gasteiger charge is 2.05. The summed E-state index contributed by atoms with van der Waals surface area (Å²) < 4.78 is 13.3. The van der Waals surface area contributed by atoms with Crippen LogP contribution in [0.4, 0.5) is 4.39 Å². The van der Waals surface area contributed by atoms with Crippen molar-refractivity contribution in [1.82, 2.24) is 0 Å². The van der Waals surface area contributed by atoms with Crippen LogP contribution in [0.5, 0.6) is 0 Å². The molecule has 0 fully saturated rings. The zero-order chi connectivity index (χ0) is 10.6. The van der Waals surface area contributed by atoms with E-state index in [4.69, 9.17) is 11.6 Å². The van der Waals surface area contributed by atoms with E-state index in [1.165, 1.54) is 0 Å². The summed E-state index contributed by atoms with van der Waals surface area (Å²) in [6, 6.07) is 3.40. The van der Waals surface area contributed by atoms with Crippen LogP contribution in [0.3, 0.4) is 0 Å². The van der Waals surface area contributed by atoms with Gasteiger partial charge in [-0.2, -0.15) is 0 Å². The lowest BCUT2D eigenvalue weighted by Gasteiger charge is -2.03. The molecule has 0 aliphatic heterocycles. The SMILES string of the molecule is C=C/C=C/c1cc(Cl)c(F)c(CC)c1. The van der Waals surface area contributed by atoms with Crippen LogP contribution in [0, 0.1) is 5.82 Å². The molecule has 0 amide bonds. The van der Waals surface area contributed by atoms with Gasteiger partial charge < -0.3 is 0 Å². The van der Waals surface area contributed by atoms with Crippen molar-refractivity contribution in [2.45, 2.75) is 13.3 Å². The van der Waals surface area contributed by atoms with E-state index in [0.717, 1.165) is 5.56 Å². The number of benzene rings is 1. The second kappa shape index (κ2) is 4.97. The Morgan fingerprint density at radius 2 is 2.21 bits per heavy atom. The van der Waals surface area contributed by atoms with Crippen molar-refractivity contribution in [1.29, 1.82) is 0 Å². The van der Waals surface area contributed by atoms with Crippen LogP contribution in [0.15, 0.2) is 30.9 Å². The molecule has 74 valence electrons. The topological polar surface area (TPSA) is 0 Å². The minimum Gasteiger partial charge on any atom is -0.205 e. The molecule has 1 aromatic rings. The summed E-state index contributed by atoms with van der Waals surface area (Å²) in [5.41, 5.74) is 1.54. The van der Waals surface area contributed by atoms with Gasteiger partial charge >= 0.3 is 0 Å². The molecule has 0 unspecified atom stereocenters. The van der Waals surface area contributed by atoms with Gasteiger partial charge in [0.15, 0.2) is 0 Å². The van der Waals surface area contributed by atoms with Gasteiger partial charge in [-0.1, -0.05) is 43.3 Å². The average molecular weight is 211 g/mol. The largest absolute Gasteiger partial charge is 0.205 e. The molecular formula is C12H12ClF. The molecule has 0 heterocycles. The molecule has 0 saturated heterocycles. The van der Waals surface area contributed by atoms with Gasteiger partial charge in [0.1, 0.15) is 5.82 Å². The first-order valence-corrected chi connectivity index (χ1v) is 4.83. The van der Waals surface area contributed by atoms with Gasteiger partial charge in [0, 0.05) is 0 Å². The van der Waals surface area contributed by atoms with Crippen LogP contribution < -0.4 is 0 Å². The van der Waals surface area contributed by atoms with Crippen molar-refractivity contribution in [2.24, 2.45) is 0 Å². The van der Waals surface area contributed by atoms with E-state index < -0.39 is 0 Å². The Morgan fingerprint density at radius 1 is 1.50 bits per heavy atom. The third-order valence-electron chi connectivity index (χ3n) is 1.93. The maximum atomic E-state index is 13.3. The van der Waals surface area contributed by atoms with Gasteiger partial charge in [-0.05, 0) is 29.7 Å². The zero-order valence-corrected chi connectivity index (χ0v) is 8.81. The minimum absolute atomic E-state index is 0.174. The normalized spacial score (nSPS) is 10.8. The Morgan fingerprint density at radius 3 is 2.79 bits per heavy atom. The van der Waals surface area contributed by atoms with Gasteiger partial charge in [0.05, 0.1) is 5.02 Å². The summed E-state index contributed by atoms with van der Waals surface area (Å²) in [7, 11) is 0. The third-order valence-corrected chi connectivity index (χ3v) is 2.21. The van der Waals surface area contributed by atoms with Crippen molar-refractivity contribution >= 4 is 17.7 Å². The molecular weight excluding hydrogens is 199 g/mol. The molecule has 1 rings (SSSR count). The van der Waals surface area contributed by atoms with Gasteiger partial charge in [-0.3, -0.25) is 0 Å². The van der Waals surface area contributed by atoms with Crippen molar-refractivity contribution in [2.75, 3.05) is 0 Å². The fourth-order valence-corrected chi connectivity index (χ4v) is 1.45. The van der Waals surface area contributed by atoms with Crippen LogP contribution in [-0.4, -0.2) is 0 Å². The molecule has 0 N–H and O–H groups in total. The number of halogens is 2. The van der Waals surface area contributed by atoms with Gasteiger partial charge in [-0.15, -0.1) is 0 Å². The van der Waals surface area contributed by atoms with E-state index in [-0.39, 0.29) is 10.8 Å². The molecule has 0 aliphatic rings. The molecule has 0 aliphatic carbocycles. The first-order chi connectivity index (χ1) is 6.69. The second-order valence-corrected chi connectivity index (χ2v) is 3.33. The van der Waals surface area contributed by atoms with Crippen LogP contribution in [-0.2, 0) is 6.42 Å². The smallest absolute Gasteiger partial charge is 0.144 e. The summed E-state index contributed by atoms with van der Waals surface area (Å²) in [4.78, 5) is 0. The summed E-state index contributed by atoms with van der Waals surface area (Å²) in [5, 5.41) is 0.174. The predicted molar refractivity (Wildman–Crippen MR) is 60.0 cm³/mol. The van der Waals surface area contributed by atoms with Crippen molar-refractivity contribution in [3.63, 3.8) is 0 Å². The maximum absolute atomic E-state index is 13.3. The molecule has 0 aromatic heterocycles. The lowest BCUT2D eigenvalue weighted by atomic mass is 10.1. The van der Waals surface area contributed by atoms with Gasteiger partial charge in [0.2, 0.25) is 0 Å². The zero-order valence-electron chi connectivity index (χ0n) is 8.06.